The molecule has 2 unspecified atom stereocenters. The fourth-order valence-corrected chi connectivity index (χ4v) is 2.97. The fraction of sp³-hybridized carbons (Fsp3) is 0.625. The molecule has 0 spiro atoms. The number of hydrogen-bond acceptors (Lipinski definition) is 3. The van der Waals surface area contributed by atoms with Crippen molar-refractivity contribution in [3.05, 3.63) is 35.4 Å². The van der Waals surface area contributed by atoms with E-state index in [0.29, 0.717) is 17.9 Å². The van der Waals surface area contributed by atoms with Crippen molar-refractivity contribution in [2.75, 3.05) is 33.4 Å². The summed E-state index contributed by atoms with van der Waals surface area (Å²) in [6, 6.07) is 3.20. The number of likely N-dealkylation sites (tertiary alicyclic amines) is 1. The number of hydrogen-bond donors (Lipinski definition) is 1. The van der Waals surface area contributed by atoms with Gasteiger partial charge in [0.25, 0.3) is 0 Å². The van der Waals surface area contributed by atoms with Crippen LogP contribution in [-0.4, -0.2) is 43.4 Å². The Morgan fingerprint density at radius 1 is 1.33 bits per heavy atom. The van der Waals surface area contributed by atoms with Crippen LogP contribution in [0.15, 0.2) is 18.2 Å². The number of piperidine rings is 1. The summed E-state index contributed by atoms with van der Waals surface area (Å²) in [5, 5.41) is 10.1. The maximum atomic E-state index is 13.1. The molecular weight excluding hydrogens is 276 g/mol. The van der Waals surface area contributed by atoms with Gasteiger partial charge in [0.05, 0.1) is 12.7 Å². The van der Waals surface area contributed by atoms with Gasteiger partial charge in [-0.1, -0.05) is 0 Å². The zero-order valence-electron chi connectivity index (χ0n) is 12.4. The van der Waals surface area contributed by atoms with E-state index in [4.69, 9.17) is 4.74 Å². The monoisotopic (exact) mass is 299 g/mol. The van der Waals surface area contributed by atoms with E-state index in [-0.39, 0.29) is 0 Å². The predicted molar refractivity (Wildman–Crippen MR) is 77.0 cm³/mol. The first-order valence-corrected chi connectivity index (χ1v) is 7.44. The van der Waals surface area contributed by atoms with Gasteiger partial charge in [0, 0.05) is 26.3 Å². The highest BCUT2D eigenvalue weighted by atomic mass is 19.1. The predicted octanol–water partition coefficient (Wildman–Crippen LogP) is 2.75. The molecule has 3 nitrogen and oxygen atoms in total. The molecule has 0 saturated carbocycles. The van der Waals surface area contributed by atoms with Crippen molar-refractivity contribution in [3.8, 4) is 0 Å². The second-order valence-corrected chi connectivity index (χ2v) is 5.77. The zero-order chi connectivity index (χ0) is 15.2. The van der Waals surface area contributed by atoms with Crippen molar-refractivity contribution in [1.82, 2.24) is 4.90 Å². The SMILES string of the molecule is COCC1CCCN(CCC(O)c2cc(F)cc(F)c2)C1. The Morgan fingerprint density at radius 2 is 2.05 bits per heavy atom. The van der Waals surface area contributed by atoms with Gasteiger partial charge in [-0.15, -0.1) is 0 Å². The van der Waals surface area contributed by atoms with Crippen molar-refractivity contribution in [2.24, 2.45) is 5.92 Å². The molecule has 0 amide bonds. The van der Waals surface area contributed by atoms with Gasteiger partial charge in [-0.2, -0.15) is 0 Å². The summed E-state index contributed by atoms with van der Waals surface area (Å²) in [7, 11) is 1.71. The maximum absolute atomic E-state index is 13.1. The van der Waals surface area contributed by atoms with Crippen LogP contribution in [0, 0.1) is 17.6 Å². The van der Waals surface area contributed by atoms with E-state index in [2.05, 4.69) is 4.90 Å². The smallest absolute Gasteiger partial charge is 0.126 e. The van der Waals surface area contributed by atoms with Crippen LogP contribution < -0.4 is 0 Å². The summed E-state index contributed by atoms with van der Waals surface area (Å²) < 4.78 is 31.5. The number of benzene rings is 1. The summed E-state index contributed by atoms with van der Waals surface area (Å²) >= 11 is 0. The molecule has 0 bridgehead atoms. The largest absolute Gasteiger partial charge is 0.388 e. The Hall–Kier alpha value is -1.04. The number of halogens is 2. The molecule has 21 heavy (non-hydrogen) atoms. The third-order valence-corrected chi connectivity index (χ3v) is 3.99. The highest BCUT2D eigenvalue weighted by molar-refractivity contribution is 5.20. The van der Waals surface area contributed by atoms with E-state index in [1.165, 1.54) is 18.6 Å². The van der Waals surface area contributed by atoms with Crippen LogP contribution in [0.5, 0.6) is 0 Å². The Bertz CT molecular complexity index is 434. The average molecular weight is 299 g/mol. The third-order valence-electron chi connectivity index (χ3n) is 3.99. The Labute approximate surface area is 124 Å². The van der Waals surface area contributed by atoms with E-state index in [9.17, 15) is 13.9 Å². The van der Waals surface area contributed by atoms with Crippen molar-refractivity contribution < 1.29 is 18.6 Å². The van der Waals surface area contributed by atoms with Crippen molar-refractivity contribution in [3.63, 3.8) is 0 Å². The molecule has 1 aromatic rings. The Morgan fingerprint density at radius 3 is 2.71 bits per heavy atom. The van der Waals surface area contributed by atoms with E-state index in [1.54, 1.807) is 7.11 Å². The molecule has 1 saturated heterocycles. The zero-order valence-corrected chi connectivity index (χ0v) is 12.4. The molecule has 5 heteroatoms. The lowest BCUT2D eigenvalue weighted by atomic mass is 9.98. The second kappa shape index (κ2) is 7.82. The molecule has 1 aromatic carbocycles. The van der Waals surface area contributed by atoms with Gasteiger partial charge in [0.1, 0.15) is 11.6 Å². The third kappa shape index (κ3) is 5.02. The van der Waals surface area contributed by atoms with E-state index in [1.807, 2.05) is 0 Å². The lowest BCUT2D eigenvalue weighted by molar-refractivity contribution is 0.0778. The number of ether oxygens (including phenoxy) is 1. The van der Waals surface area contributed by atoms with Crippen LogP contribution in [0.4, 0.5) is 8.78 Å². The molecule has 1 heterocycles. The average Bonchev–Trinajstić information content (AvgIpc) is 2.44. The number of aliphatic hydroxyl groups excluding tert-OH is 1. The first-order chi connectivity index (χ1) is 10.1. The van der Waals surface area contributed by atoms with E-state index in [0.717, 1.165) is 38.7 Å². The van der Waals surface area contributed by atoms with Gasteiger partial charge in [-0.25, -0.2) is 8.78 Å². The van der Waals surface area contributed by atoms with Gasteiger partial charge in [0.15, 0.2) is 0 Å². The Kier molecular flexibility index (Phi) is 6.08. The molecule has 2 atom stereocenters. The Balaban J connectivity index is 1.84. The molecule has 1 aliphatic rings. The van der Waals surface area contributed by atoms with Crippen LogP contribution in [-0.2, 0) is 4.74 Å². The van der Waals surface area contributed by atoms with Crippen molar-refractivity contribution in [2.45, 2.75) is 25.4 Å². The fourth-order valence-electron chi connectivity index (χ4n) is 2.97. The van der Waals surface area contributed by atoms with Crippen LogP contribution in [0.2, 0.25) is 0 Å². The number of aliphatic hydroxyl groups is 1. The van der Waals surface area contributed by atoms with Crippen LogP contribution in [0.1, 0.15) is 30.9 Å². The summed E-state index contributed by atoms with van der Waals surface area (Å²) in [6.07, 6.45) is 1.93. The summed E-state index contributed by atoms with van der Waals surface area (Å²) in [6.45, 7) is 3.44. The van der Waals surface area contributed by atoms with E-state index >= 15 is 0 Å². The minimum Gasteiger partial charge on any atom is -0.388 e. The van der Waals surface area contributed by atoms with Crippen LogP contribution >= 0.6 is 0 Å². The number of nitrogens with zero attached hydrogens (tertiary/aromatic N) is 1. The number of methoxy groups -OCH3 is 1. The molecule has 1 aliphatic heterocycles. The normalized spacial score (nSPS) is 21.4. The van der Waals surface area contributed by atoms with Crippen molar-refractivity contribution >= 4 is 0 Å². The molecule has 1 fully saturated rings. The summed E-state index contributed by atoms with van der Waals surface area (Å²) in [5.74, 6) is -0.767. The van der Waals surface area contributed by atoms with Gasteiger partial charge in [-0.3, -0.25) is 0 Å². The standard InChI is InChI=1S/C16H23F2NO2/c1-21-11-12-3-2-5-19(10-12)6-4-16(20)13-7-14(17)9-15(18)8-13/h7-9,12,16,20H,2-6,10-11H2,1H3. The topological polar surface area (TPSA) is 32.7 Å². The van der Waals surface area contributed by atoms with Crippen LogP contribution in [0.25, 0.3) is 0 Å². The minimum atomic E-state index is -0.835. The highest BCUT2D eigenvalue weighted by Gasteiger charge is 2.20. The molecule has 0 aromatic heterocycles. The summed E-state index contributed by atoms with van der Waals surface area (Å²) in [4.78, 5) is 2.28. The first kappa shape index (κ1) is 16.3. The van der Waals surface area contributed by atoms with Gasteiger partial charge in [-0.05, 0) is 49.4 Å². The van der Waals surface area contributed by atoms with Gasteiger partial charge in [0.2, 0.25) is 0 Å². The molecule has 0 radical (unpaired) electrons. The second-order valence-electron chi connectivity index (χ2n) is 5.77. The summed E-state index contributed by atoms with van der Waals surface area (Å²) in [5.41, 5.74) is 0.304. The first-order valence-electron chi connectivity index (χ1n) is 7.44. The maximum Gasteiger partial charge on any atom is 0.126 e. The molecule has 118 valence electrons. The quantitative estimate of drug-likeness (QED) is 0.877. The minimum absolute atomic E-state index is 0.304. The molecule has 2 rings (SSSR count). The van der Waals surface area contributed by atoms with Crippen molar-refractivity contribution in [1.29, 1.82) is 0 Å². The molecule has 1 N–H and O–H groups in total. The highest BCUT2D eigenvalue weighted by Crippen LogP contribution is 2.22. The van der Waals surface area contributed by atoms with Gasteiger partial charge < -0.3 is 14.7 Å². The molecular formula is C16H23F2NO2. The lowest BCUT2D eigenvalue weighted by Gasteiger charge is -2.32. The lowest BCUT2D eigenvalue weighted by Crippen LogP contribution is -2.38. The van der Waals surface area contributed by atoms with Crippen LogP contribution in [0.3, 0.4) is 0 Å². The molecule has 0 aliphatic carbocycles. The van der Waals surface area contributed by atoms with E-state index < -0.39 is 17.7 Å². The van der Waals surface area contributed by atoms with Gasteiger partial charge >= 0.3 is 0 Å². The number of rotatable bonds is 6.